The van der Waals surface area contributed by atoms with Crippen LogP contribution in [0.3, 0.4) is 0 Å². The molecule has 1 aliphatic rings. The van der Waals surface area contributed by atoms with Gasteiger partial charge in [0.1, 0.15) is 18.2 Å². The van der Waals surface area contributed by atoms with Crippen LogP contribution in [0, 0.1) is 18.2 Å². The first kappa shape index (κ1) is 25.2. The van der Waals surface area contributed by atoms with Gasteiger partial charge in [-0.1, -0.05) is 59.7 Å². The highest BCUT2D eigenvalue weighted by Gasteiger charge is 2.33. The van der Waals surface area contributed by atoms with Gasteiger partial charge in [0.25, 0.3) is 5.56 Å². The molecule has 1 atom stereocenters. The fraction of sp³-hybridized carbons (Fsp3) is 0.167. The third-order valence-electron chi connectivity index (χ3n) is 6.22. The van der Waals surface area contributed by atoms with Crippen LogP contribution in [0.4, 0.5) is 4.39 Å². The van der Waals surface area contributed by atoms with Crippen molar-refractivity contribution in [3.8, 4) is 18.1 Å². The van der Waals surface area contributed by atoms with Crippen molar-refractivity contribution in [2.75, 3.05) is 13.2 Å². The molecule has 2 heterocycles. The van der Waals surface area contributed by atoms with E-state index < -0.39 is 17.8 Å². The number of thiazole rings is 1. The number of terminal acetylenes is 1. The summed E-state index contributed by atoms with van der Waals surface area (Å²) in [5.41, 5.74) is 1.62. The van der Waals surface area contributed by atoms with Crippen molar-refractivity contribution >= 4 is 34.2 Å². The monoisotopic (exact) mass is 526 g/mol. The SMILES string of the molecule is C#CCOc1ccc2ccccc2c1C=c1sc2n(c1=O)C(c1ccc(F)cc1)C(C(=O)OCC)=C(C)N=2. The predicted octanol–water partition coefficient (Wildman–Crippen LogP) is 4.10. The average molecular weight is 527 g/mol. The fourth-order valence-corrected chi connectivity index (χ4v) is 5.58. The van der Waals surface area contributed by atoms with Crippen LogP contribution in [-0.4, -0.2) is 23.8 Å². The van der Waals surface area contributed by atoms with Gasteiger partial charge in [-0.25, -0.2) is 14.2 Å². The third-order valence-corrected chi connectivity index (χ3v) is 7.20. The van der Waals surface area contributed by atoms with Gasteiger partial charge in [0.2, 0.25) is 0 Å². The summed E-state index contributed by atoms with van der Waals surface area (Å²) >= 11 is 1.20. The number of aromatic nitrogens is 1. The van der Waals surface area contributed by atoms with Gasteiger partial charge in [-0.3, -0.25) is 9.36 Å². The second-order valence-electron chi connectivity index (χ2n) is 8.55. The van der Waals surface area contributed by atoms with E-state index in [2.05, 4.69) is 10.9 Å². The molecule has 0 bridgehead atoms. The molecule has 0 saturated carbocycles. The number of hydrogen-bond donors (Lipinski definition) is 0. The van der Waals surface area contributed by atoms with Gasteiger partial charge in [-0.2, -0.15) is 0 Å². The van der Waals surface area contributed by atoms with E-state index in [0.29, 0.717) is 31.9 Å². The summed E-state index contributed by atoms with van der Waals surface area (Å²) in [5.74, 6) is 2.03. The number of hydrogen-bond acceptors (Lipinski definition) is 6. The van der Waals surface area contributed by atoms with E-state index in [4.69, 9.17) is 15.9 Å². The molecule has 4 aromatic rings. The normalized spacial score (nSPS) is 15.1. The highest BCUT2D eigenvalue weighted by Crippen LogP contribution is 2.31. The maximum atomic E-state index is 13.9. The van der Waals surface area contributed by atoms with E-state index >= 15 is 0 Å². The topological polar surface area (TPSA) is 69.9 Å². The molecule has 190 valence electrons. The number of carbonyl (C=O) groups excluding carboxylic acids is 1. The average Bonchev–Trinajstić information content (AvgIpc) is 3.22. The van der Waals surface area contributed by atoms with Gasteiger partial charge in [-0.15, -0.1) is 6.42 Å². The quantitative estimate of drug-likeness (QED) is 0.280. The summed E-state index contributed by atoms with van der Waals surface area (Å²) in [6.07, 6.45) is 7.19. The van der Waals surface area contributed by atoms with E-state index in [1.807, 2.05) is 36.4 Å². The van der Waals surface area contributed by atoms with Crippen molar-refractivity contribution in [1.29, 1.82) is 0 Å². The molecule has 0 N–H and O–H groups in total. The first-order valence-electron chi connectivity index (χ1n) is 12.0. The van der Waals surface area contributed by atoms with Crippen LogP contribution in [-0.2, 0) is 9.53 Å². The van der Waals surface area contributed by atoms with Gasteiger partial charge in [-0.05, 0) is 54.5 Å². The molecular formula is C30H23FN2O4S. The van der Waals surface area contributed by atoms with Gasteiger partial charge >= 0.3 is 5.97 Å². The lowest BCUT2D eigenvalue weighted by atomic mass is 9.96. The van der Waals surface area contributed by atoms with Crippen molar-refractivity contribution in [3.05, 3.63) is 109 Å². The fourth-order valence-electron chi connectivity index (χ4n) is 4.55. The van der Waals surface area contributed by atoms with Crippen LogP contribution < -0.4 is 19.6 Å². The molecule has 0 spiro atoms. The largest absolute Gasteiger partial charge is 0.480 e. The number of fused-ring (bicyclic) bond motifs is 2. The van der Waals surface area contributed by atoms with Crippen LogP contribution in [0.15, 0.2) is 81.7 Å². The zero-order chi connectivity index (χ0) is 26.8. The van der Waals surface area contributed by atoms with E-state index in [0.717, 1.165) is 10.8 Å². The second-order valence-corrected chi connectivity index (χ2v) is 9.55. The highest BCUT2D eigenvalue weighted by atomic mass is 32.1. The van der Waals surface area contributed by atoms with E-state index in [1.54, 1.807) is 32.1 Å². The van der Waals surface area contributed by atoms with Gasteiger partial charge < -0.3 is 9.47 Å². The van der Waals surface area contributed by atoms with E-state index in [-0.39, 0.29) is 24.3 Å². The molecule has 1 unspecified atom stereocenters. The molecular weight excluding hydrogens is 503 g/mol. The van der Waals surface area contributed by atoms with Gasteiger partial charge in [0, 0.05) is 5.56 Å². The van der Waals surface area contributed by atoms with Crippen molar-refractivity contribution in [3.63, 3.8) is 0 Å². The van der Waals surface area contributed by atoms with Gasteiger partial charge in [0.05, 0.1) is 28.5 Å². The molecule has 1 aliphatic heterocycles. The van der Waals surface area contributed by atoms with Crippen molar-refractivity contribution in [1.82, 2.24) is 4.57 Å². The minimum atomic E-state index is -0.822. The minimum absolute atomic E-state index is 0.0765. The zero-order valence-electron chi connectivity index (χ0n) is 20.7. The van der Waals surface area contributed by atoms with Crippen LogP contribution in [0.25, 0.3) is 16.8 Å². The summed E-state index contributed by atoms with van der Waals surface area (Å²) in [5, 5.41) is 1.87. The van der Waals surface area contributed by atoms with E-state index in [9.17, 15) is 14.0 Å². The third kappa shape index (κ3) is 4.53. The number of halogens is 1. The molecule has 3 aromatic carbocycles. The second kappa shape index (κ2) is 10.5. The molecule has 0 aliphatic carbocycles. The molecule has 0 saturated heterocycles. The lowest BCUT2D eigenvalue weighted by molar-refractivity contribution is -0.139. The molecule has 8 heteroatoms. The summed E-state index contributed by atoms with van der Waals surface area (Å²) in [6, 6.07) is 16.4. The Morgan fingerprint density at radius 3 is 2.68 bits per heavy atom. The Balaban J connectivity index is 1.77. The number of benzene rings is 3. The molecule has 1 aromatic heterocycles. The minimum Gasteiger partial charge on any atom is -0.480 e. The number of ether oxygens (including phenoxy) is 2. The summed E-state index contributed by atoms with van der Waals surface area (Å²) in [7, 11) is 0. The van der Waals surface area contributed by atoms with Crippen LogP contribution in [0.2, 0.25) is 0 Å². The lowest BCUT2D eigenvalue weighted by Gasteiger charge is -2.24. The summed E-state index contributed by atoms with van der Waals surface area (Å²) in [6.45, 7) is 3.65. The van der Waals surface area contributed by atoms with E-state index in [1.165, 1.54) is 28.0 Å². The lowest BCUT2D eigenvalue weighted by Crippen LogP contribution is -2.39. The van der Waals surface area contributed by atoms with Crippen molar-refractivity contribution < 1.29 is 18.7 Å². The Morgan fingerprint density at radius 2 is 1.95 bits per heavy atom. The van der Waals surface area contributed by atoms with Gasteiger partial charge in [0.15, 0.2) is 4.80 Å². The Hall–Kier alpha value is -4.48. The maximum Gasteiger partial charge on any atom is 0.338 e. The highest BCUT2D eigenvalue weighted by molar-refractivity contribution is 7.07. The Bertz CT molecular complexity index is 1810. The van der Waals surface area contributed by atoms with Crippen LogP contribution in [0.5, 0.6) is 5.75 Å². The Kier molecular flexibility index (Phi) is 6.95. The number of esters is 1. The smallest absolute Gasteiger partial charge is 0.338 e. The molecule has 0 fully saturated rings. The maximum absolute atomic E-state index is 13.9. The molecule has 0 amide bonds. The zero-order valence-corrected chi connectivity index (χ0v) is 21.5. The summed E-state index contributed by atoms with van der Waals surface area (Å²) < 4.78 is 26.7. The molecule has 0 radical (unpaired) electrons. The molecule has 5 rings (SSSR count). The summed E-state index contributed by atoms with van der Waals surface area (Å²) in [4.78, 5) is 31.9. The van der Waals surface area contributed by atoms with Crippen LogP contribution in [0.1, 0.15) is 31.0 Å². The number of allylic oxidation sites excluding steroid dienone is 1. The number of rotatable bonds is 6. The van der Waals surface area contributed by atoms with Crippen LogP contribution >= 0.6 is 11.3 Å². The number of nitrogens with zero attached hydrogens (tertiary/aromatic N) is 2. The Morgan fingerprint density at radius 1 is 1.18 bits per heavy atom. The first-order chi connectivity index (χ1) is 18.4. The first-order valence-corrected chi connectivity index (χ1v) is 12.8. The Labute approximate surface area is 222 Å². The van der Waals surface area contributed by atoms with Crippen molar-refractivity contribution in [2.24, 2.45) is 4.99 Å². The predicted molar refractivity (Wildman–Crippen MR) is 145 cm³/mol. The molecule has 6 nitrogen and oxygen atoms in total. The van der Waals surface area contributed by atoms with Crippen molar-refractivity contribution in [2.45, 2.75) is 19.9 Å². The molecule has 38 heavy (non-hydrogen) atoms. The standard InChI is InChI=1S/C30H23FN2O4S/c1-4-16-37-24-15-12-19-8-6-7-9-22(19)23(24)17-25-28(34)33-27(20-10-13-21(31)14-11-20)26(29(35)36-5-2)18(3)32-30(33)38-25/h1,6-15,17,27H,5,16H2,2-3H3. The number of carbonyl (C=O) groups is 1.